The van der Waals surface area contributed by atoms with Crippen molar-refractivity contribution >= 4 is 45.2 Å². The molecule has 0 saturated heterocycles. The normalized spacial score (nSPS) is 15.5. The van der Waals surface area contributed by atoms with Crippen LogP contribution in [0.15, 0.2) is 53.0 Å². The molecule has 1 atom stereocenters. The molecule has 136 valence electrons. The van der Waals surface area contributed by atoms with Crippen LogP contribution < -0.4 is 15.4 Å². The summed E-state index contributed by atoms with van der Waals surface area (Å²) >= 11 is 4.66. The lowest BCUT2D eigenvalue weighted by molar-refractivity contribution is -0.119. The first-order chi connectivity index (χ1) is 12.6. The second kappa shape index (κ2) is 9.09. The SMILES string of the molecule is O=C(CSCC(=O)NC1CCOc2ccccc21)Nc1cccc(Br)c1. The van der Waals surface area contributed by atoms with Crippen molar-refractivity contribution in [2.45, 2.75) is 12.5 Å². The predicted molar refractivity (Wildman–Crippen MR) is 108 cm³/mol. The third-order valence-electron chi connectivity index (χ3n) is 3.87. The molecule has 0 radical (unpaired) electrons. The number of nitrogens with one attached hydrogen (secondary N) is 2. The molecule has 1 heterocycles. The van der Waals surface area contributed by atoms with E-state index in [1.54, 1.807) is 0 Å². The van der Waals surface area contributed by atoms with Gasteiger partial charge >= 0.3 is 0 Å². The summed E-state index contributed by atoms with van der Waals surface area (Å²) in [5.41, 5.74) is 1.73. The Hall–Kier alpha value is -1.99. The van der Waals surface area contributed by atoms with Gasteiger partial charge in [0.2, 0.25) is 11.8 Å². The van der Waals surface area contributed by atoms with E-state index in [4.69, 9.17) is 4.74 Å². The minimum absolute atomic E-state index is 0.0384. The summed E-state index contributed by atoms with van der Waals surface area (Å²) in [5.74, 6) is 1.09. The maximum Gasteiger partial charge on any atom is 0.234 e. The highest BCUT2D eigenvalue weighted by molar-refractivity contribution is 9.10. The minimum Gasteiger partial charge on any atom is -0.493 e. The minimum atomic E-state index is -0.127. The predicted octanol–water partition coefficient (Wildman–Crippen LogP) is 3.76. The molecule has 1 aliphatic heterocycles. The van der Waals surface area contributed by atoms with Crippen LogP contribution in [0.4, 0.5) is 5.69 Å². The molecular formula is C19H19BrN2O3S. The number of ether oxygens (including phenoxy) is 1. The van der Waals surface area contributed by atoms with E-state index >= 15 is 0 Å². The second-order valence-electron chi connectivity index (χ2n) is 5.85. The molecule has 3 rings (SSSR count). The van der Waals surface area contributed by atoms with Crippen molar-refractivity contribution in [3.63, 3.8) is 0 Å². The van der Waals surface area contributed by atoms with Gasteiger partial charge in [-0.15, -0.1) is 11.8 Å². The molecule has 0 aromatic heterocycles. The monoisotopic (exact) mass is 434 g/mol. The van der Waals surface area contributed by atoms with Crippen molar-refractivity contribution in [2.75, 3.05) is 23.4 Å². The lowest BCUT2D eigenvalue weighted by atomic mass is 10.0. The molecule has 2 amide bonds. The smallest absolute Gasteiger partial charge is 0.234 e. The van der Waals surface area contributed by atoms with Gasteiger partial charge < -0.3 is 15.4 Å². The first-order valence-corrected chi connectivity index (χ1v) is 10.2. The van der Waals surface area contributed by atoms with Crippen LogP contribution in [0.5, 0.6) is 5.75 Å². The van der Waals surface area contributed by atoms with Gasteiger partial charge in [0.15, 0.2) is 0 Å². The number of fused-ring (bicyclic) bond motifs is 1. The first kappa shape index (κ1) is 18.8. The van der Waals surface area contributed by atoms with Gasteiger partial charge in [0.1, 0.15) is 5.75 Å². The topological polar surface area (TPSA) is 67.4 Å². The van der Waals surface area contributed by atoms with E-state index in [1.165, 1.54) is 11.8 Å². The molecule has 2 N–H and O–H groups in total. The van der Waals surface area contributed by atoms with Crippen molar-refractivity contribution in [2.24, 2.45) is 0 Å². The summed E-state index contributed by atoms with van der Waals surface area (Å²) in [5, 5.41) is 5.84. The van der Waals surface area contributed by atoms with Gasteiger partial charge in [-0.05, 0) is 24.3 Å². The number of hydrogen-bond donors (Lipinski definition) is 2. The highest BCUT2D eigenvalue weighted by Crippen LogP contribution is 2.31. The Morgan fingerprint density at radius 2 is 1.92 bits per heavy atom. The molecule has 26 heavy (non-hydrogen) atoms. The van der Waals surface area contributed by atoms with Gasteiger partial charge in [-0.2, -0.15) is 0 Å². The van der Waals surface area contributed by atoms with Gasteiger partial charge in [-0.25, -0.2) is 0 Å². The number of halogens is 1. The molecule has 1 aliphatic rings. The van der Waals surface area contributed by atoms with Gasteiger partial charge in [-0.1, -0.05) is 40.2 Å². The number of carbonyl (C=O) groups excluding carboxylic acids is 2. The lowest BCUT2D eigenvalue weighted by Crippen LogP contribution is -2.33. The van der Waals surface area contributed by atoms with Crippen LogP contribution in [0.1, 0.15) is 18.0 Å². The molecule has 2 aromatic carbocycles. The van der Waals surface area contributed by atoms with Crippen LogP contribution in [-0.4, -0.2) is 29.9 Å². The largest absolute Gasteiger partial charge is 0.493 e. The van der Waals surface area contributed by atoms with E-state index in [-0.39, 0.29) is 29.4 Å². The Morgan fingerprint density at radius 3 is 2.77 bits per heavy atom. The molecule has 0 fully saturated rings. The van der Waals surface area contributed by atoms with E-state index < -0.39 is 0 Å². The summed E-state index contributed by atoms with van der Waals surface area (Å²) in [6, 6.07) is 15.1. The molecule has 0 aliphatic carbocycles. The summed E-state index contributed by atoms with van der Waals surface area (Å²) in [4.78, 5) is 24.2. The molecule has 1 unspecified atom stereocenters. The third kappa shape index (κ3) is 5.25. The first-order valence-electron chi connectivity index (χ1n) is 8.26. The van der Waals surface area contributed by atoms with Crippen molar-refractivity contribution < 1.29 is 14.3 Å². The second-order valence-corrected chi connectivity index (χ2v) is 7.75. The lowest BCUT2D eigenvalue weighted by Gasteiger charge is -2.26. The van der Waals surface area contributed by atoms with Crippen molar-refractivity contribution in [1.82, 2.24) is 5.32 Å². The number of anilines is 1. The standard InChI is InChI=1S/C19H19BrN2O3S/c20-13-4-3-5-14(10-13)21-18(23)11-26-12-19(24)22-16-8-9-25-17-7-2-1-6-15(16)17/h1-7,10,16H,8-9,11-12H2,(H,21,23)(H,22,24). The Morgan fingerprint density at radius 1 is 1.12 bits per heavy atom. The Kier molecular flexibility index (Phi) is 6.57. The molecule has 2 aromatic rings. The fourth-order valence-corrected chi connectivity index (χ4v) is 3.76. The average Bonchev–Trinajstić information content (AvgIpc) is 2.62. The van der Waals surface area contributed by atoms with E-state index in [1.807, 2.05) is 48.5 Å². The Labute approximate surface area is 165 Å². The van der Waals surface area contributed by atoms with Crippen LogP contribution in [0.3, 0.4) is 0 Å². The maximum absolute atomic E-state index is 12.2. The van der Waals surface area contributed by atoms with Gasteiger partial charge in [-0.3, -0.25) is 9.59 Å². The number of thioether (sulfide) groups is 1. The average molecular weight is 435 g/mol. The number of benzene rings is 2. The van der Waals surface area contributed by atoms with Crippen molar-refractivity contribution in [3.05, 3.63) is 58.6 Å². The Balaban J connectivity index is 1.43. The van der Waals surface area contributed by atoms with Gasteiger partial charge in [0.25, 0.3) is 0 Å². The van der Waals surface area contributed by atoms with E-state index in [2.05, 4.69) is 26.6 Å². The molecule has 0 saturated carbocycles. The molecule has 7 heteroatoms. The maximum atomic E-state index is 12.2. The van der Waals surface area contributed by atoms with E-state index in [0.29, 0.717) is 6.61 Å². The number of hydrogen-bond acceptors (Lipinski definition) is 4. The third-order valence-corrected chi connectivity index (χ3v) is 5.29. The number of carbonyl (C=O) groups is 2. The quantitative estimate of drug-likeness (QED) is 0.725. The zero-order chi connectivity index (χ0) is 18.4. The number of rotatable bonds is 6. The van der Waals surface area contributed by atoms with Crippen LogP contribution in [0, 0.1) is 0 Å². The molecule has 5 nitrogen and oxygen atoms in total. The summed E-state index contributed by atoms with van der Waals surface area (Å²) < 4.78 is 6.50. The van der Waals surface area contributed by atoms with Gasteiger partial charge in [0.05, 0.1) is 24.2 Å². The van der Waals surface area contributed by atoms with Crippen LogP contribution in [0.2, 0.25) is 0 Å². The fraction of sp³-hybridized carbons (Fsp3) is 0.263. The van der Waals surface area contributed by atoms with E-state index in [0.717, 1.165) is 27.9 Å². The molecular weight excluding hydrogens is 416 g/mol. The highest BCUT2D eigenvalue weighted by atomic mass is 79.9. The van der Waals surface area contributed by atoms with Gasteiger partial charge in [0, 0.05) is 22.1 Å². The zero-order valence-corrected chi connectivity index (χ0v) is 16.4. The summed E-state index contributed by atoms with van der Waals surface area (Å²) in [6.45, 7) is 0.587. The van der Waals surface area contributed by atoms with Crippen molar-refractivity contribution in [3.8, 4) is 5.75 Å². The number of amides is 2. The Bertz CT molecular complexity index is 800. The van der Waals surface area contributed by atoms with Crippen LogP contribution in [0.25, 0.3) is 0 Å². The summed E-state index contributed by atoms with van der Waals surface area (Å²) in [6.07, 6.45) is 0.747. The van der Waals surface area contributed by atoms with Crippen LogP contribution >= 0.6 is 27.7 Å². The molecule has 0 bridgehead atoms. The molecule has 0 spiro atoms. The number of para-hydroxylation sites is 1. The summed E-state index contributed by atoms with van der Waals surface area (Å²) in [7, 11) is 0. The highest BCUT2D eigenvalue weighted by Gasteiger charge is 2.22. The zero-order valence-electron chi connectivity index (χ0n) is 14.0. The van der Waals surface area contributed by atoms with Crippen LogP contribution in [-0.2, 0) is 9.59 Å². The fourth-order valence-electron chi connectivity index (χ4n) is 2.73. The van der Waals surface area contributed by atoms with E-state index in [9.17, 15) is 9.59 Å². The van der Waals surface area contributed by atoms with Crippen molar-refractivity contribution in [1.29, 1.82) is 0 Å².